The first kappa shape index (κ1) is 19.4. The largest absolute Gasteiger partial charge is 0.385 e. The van der Waals surface area contributed by atoms with E-state index in [-0.39, 0.29) is 29.7 Å². The summed E-state index contributed by atoms with van der Waals surface area (Å²) in [6, 6.07) is 5.05. The van der Waals surface area contributed by atoms with Gasteiger partial charge in [0.15, 0.2) is 0 Å². The van der Waals surface area contributed by atoms with E-state index in [4.69, 9.17) is 16.3 Å². The highest BCUT2D eigenvalue weighted by atomic mass is 35.5. The van der Waals surface area contributed by atoms with Gasteiger partial charge in [0.05, 0.1) is 5.69 Å². The fraction of sp³-hybridized carbons (Fsp3) is 0.550. The third-order valence-electron chi connectivity index (χ3n) is 6.35. The molecule has 0 unspecified atom stereocenters. The lowest BCUT2D eigenvalue weighted by Gasteiger charge is -2.27. The van der Waals surface area contributed by atoms with Gasteiger partial charge in [0.1, 0.15) is 17.9 Å². The number of nitrogens with two attached hydrogens (primary N) is 1. The quantitative estimate of drug-likeness (QED) is 0.557. The van der Waals surface area contributed by atoms with E-state index in [9.17, 15) is 14.4 Å². The summed E-state index contributed by atoms with van der Waals surface area (Å²) in [5.74, 6) is -1.82. The molecule has 3 amide bonds. The number of hydrogen-bond donors (Lipinski definition) is 2. The van der Waals surface area contributed by atoms with Crippen LogP contribution in [0.2, 0.25) is 5.02 Å². The van der Waals surface area contributed by atoms with E-state index in [1.54, 1.807) is 25.3 Å². The van der Waals surface area contributed by atoms with Crippen LogP contribution in [0.4, 0.5) is 5.69 Å². The van der Waals surface area contributed by atoms with Gasteiger partial charge in [-0.1, -0.05) is 25.4 Å². The topological polar surface area (TPSA) is 92.3 Å². The molecule has 4 atom stereocenters. The molecule has 1 aromatic carbocycles. The van der Waals surface area contributed by atoms with Crippen LogP contribution >= 0.6 is 11.6 Å². The number of rotatable bonds is 5. The van der Waals surface area contributed by atoms with Crippen molar-refractivity contribution in [1.29, 1.82) is 0 Å². The molecule has 1 aromatic rings. The average molecular weight is 407 g/mol. The van der Waals surface area contributed by atoms with Gasteiger partial charge in [-0.3, -0.25) is 19.3 Å². The fourth-order valence-corrected chi connectivity index (χ4v) is 5.28. The Hall–Kier alpha value is -1.96. The van der Waals surface area contributed by atoms with Crippen molar-refractivity contribution in [3.63, 3.8) is 0 Å². The maximum Gasteiger partial charge on any atom is 0.291 e. The lowest BCUT2D eigenvalue weighted by Crippen LogP contribution is -2.99. The molecule has 3 aliphatic heterocycles. The highest BCUT2D eigenvalue weighted by Crippen LogP contribution is 2.50. The summed E-state index contributed by atoms with van der Waals surface area (Å²) in [6.07, 6.45) is 0.574. The number of ether oxygens (including phenoxy) is 1. The summed E-state index contributed by atoms with van der Waals surface area (Å²) >= 11 is 6.22. The third-order valence-corrected chi connectivity index (χ3v) is 6.59. The Kier molecular flexibility index (Phi) is 4.72. The Morgan fingerprint density at radius 3 is 2.71 bits per heavy atom. The highest BCUT2D eigenvalue weighted by molar-refractivity contribution is 6.31. The van der Waals surface area contributed by atoms with Crippen LogP contribution in [0.3, 0.4) is 0 Å². The molecule has 0 aliphatic carbocycles. The van der Waals surface area contributed by atoms with E-state index in [2.05, 4.69) is 5.32 Å². The van der Waals surface area contributed by atoms with Gasteiger partial charge in [0.25, 0.3) is 5.91 Å². The first-order valence-corrected chi connectivity index (χ1v) is 10.0. The van der Waals surface area contributed by atoms with Gasteiger partial charge >= 0.3 is 0 Å². The molecule has 2 fully saturated rings. The first-order valence-electron chi connectivity index (χ1n) is 9.64. The molecule has 0 radical (unpaired) electrons. The monoisotopic (exact) mass is 406 g/mol. The number of nitrogens with one attached hydrogen (secondary N) is 1. The number of hydrogen-bond acceptors (Lipinski definition) is 4. The fourth-order valence-electron chi connectivity index (χ4n) is 5.11. The Morgan fingerprint density at radius 1 is 1.29 bits per heavy atom. The van der Waals surface area contributed by atoms with Gasteiger partial charge in [-0.05, 0) is 24.6 Å². The molecule has 8 heteroatoms. The van der Waals surface area contributed by atoms with Crippen LogP contribution in [0.1, 0.15) is 25.8 Å². The number of methoxy groups -OCH3 is 1. The van der Waals surface area contributed by atoms with Crippen molar-refractivity contribution in [1.82, 2.24) is 4.90 Å². The minimum Gasteiger partial charge on any atom is -0.385 e. The highest BCUT2D eigenvalue weighted by Gasteiger charge is 2.74. The molecule has 3 heterocycles. The van der Waals surface area contributed by atoms with E-state index in [0.29, 0.717) is 35.8 Å². The SMILES string of the molecule is COCCCN1C(=O)[C@H]2[C@@H](C1=O)[C@]1([NH2+][C@H]2C(C)C)C(=O)Nc2ccc(Cl)cc21. The second kappa shape index (κ2) is 6.83. The molecule has 7 nitrogen and oxygen atoms in total. The minimum atomic E-state index is -1.15. The van der Waals surface area contributed by atoms with E-state index in [1.165, 1.54) is 4.90 Å². The second-order valence-corrected chi connectivity index (χ2v) is 8.62. The van der Waals surface area contributed by atoms with Crippen molar-refractivity contribution in [2.75, 3.05) is 25.6 Å². The number of likely N-dealkylation sites (tertiary alicyclic amines) is 1. The number of halogens is 1. The predicted molar refractivity (Wildman–Crippen MR) is 103 cm³/mol. The van der Waals surface area contributed by atoms with Crippen LogP contribution in [0.5, 0.6) is 0 Å². The van der Waals surface area contributed by atoms with Crippen molar-refractivity contribution >= 4 is 35.0 Å². The zero-order valence-corrected chi connectivity index (χ0v) is 17.0. The lowest BCUT2D eigenvalue weighted by molar-refractivity contribution is -0.738. The minimum absolute atomic E-state index is 0.124. The summed E-state index contributed by atoms with van der Waals surface area (Å²) < 4.78 is 5.06. The van der Waals surface area contributed by atoms with Gasteiger partial charge in [0.2, 0.25) is 17.4 Å². The number of carbonyl (C=O) groups excluding carboxylic acids is 3. The van der Waals surface area contributed by atoms with E-state index < -0.39 is 17.4 Å². The number of imide groups is 1. The van der Waals surface area contributed by atoms with Crippen LogP contribution in [0.25, 0.3) is 0 Å². The van der Waals surface area contributed by atoms with Crippen LogP contribution in [0, 0.1) is 17.8 Å². The number of quaternary nitrogens is 1. The molecule has 3 aliphatic rings. The molecule has 1 spiro atoms. The van der Waals surface area contributed by atoms with Crippen LogP contribution in [0.15, 0.2) is 18.2 Å². The molecule has 28 heavy (non-hydrogen) atoms. The standard InChI is InChI=1S/C20H24ClN3O4/c1-10(2)16-14-15(18(26)24(17(14)25)7-4-8-28-3)20(23-16)12-9-11(21)5-6-13(12)22-19(20)27/h5-6,9-10,14-16,23H,4,7-8H2,1-3H3,(H,22,27)/p+1/t14-,15-,16-,20-/m0/s1. The first-order chi connectivity index (χ1) is 13.3. The normalized spacial score (nSPS) is 31.1. The van der Waals surface area contributed by atoms with E-state index in [0.717, 1.165) is 0 Å². The zero-order chi connectivity index (χ0) is 20.2. The molecule has 4 rings (SSSR count). The predicted octanol–water partition coefficient (Wildman–Crippen LogP) is 0.727. The average Bonchev–Trinajstić information content (AvgIpc) is 3.23. The lowest BCUT2D eigenvalue weighted by atomic mass is 9.76. The number of amides is 3. The molecule has 3 N–H and O–H groups in total. The smallest absolute Gasteiger partial charge is 0.291 e. The Balaban J connectivity index is 1.81. The molecular formula is C20H25ClN3O4+. The molecule has 0 aromatic heterocycles. The van der Waals surface area contributed by atoms with Crippen LogP contribution < -0.4 is 10.6 Å². The molecule has 2 saturated heterocycles. The van der Waals surface area contributed by atoms with Gasteiger partial charge in [-0.15, -0.1) is 0 Å². The number of nitrogens with zero attached hydrogens (tertiary/aromatic N) is 1. The summed E-state index contributed by atoms with van der Waals surface area (Å²) in [6.45, 7) is 4.82. The number of benzene rings is 1. The van der Waals surface area contributed by atoms with Crippen LogP contribution in [-0.2, 0) is 24.7 Å². The third kappa shape index (κ3) is 2.53. The zero-order valence-electron chi connectivity index (χ0n) is 16.2. The Bertz CT molecular complexity index is 858. The van der Waals surface area contributed by atoms with E-state index in [1.807, 2.05) is 19.2 Å². The summed E-state index contributed by atoms with van der Waals surface area (Å²) in [5.41, 5.74) is 0.206. The van der Waals surface area contributed by atoms with E-state index >= 15 is 0 Å². The number of carbonyl (C=O) groups is 3. The van der Waals surface area contributed by atoms with Crippen molar-refractivity contribution in [3.05, 3.63) is 28.8 Å². The summed E-state index contributed by atoms with van der Waals surface area (Å²) in [7, 11) is 1.59. The van der Waals surface area contributed by atoms with Gasteiger partial charge < -0.3 is 15.4 Å². The molecule has 0 saturated carbocycles. The number of fused-ring (bicyclic) bond motifs is 4. The van der Waals surface area contributed by atoms with Crippen molar-refractivity contribution < 1.29 is 24.4 Å². The Labute approximate surface area is 168 Å². The van der Waals surface area contributed by atoms with Crippen molar-refractivity contribution in [2.24, 2.45) is 17.8 Å². The maximum atomic E-state index is 13.4. The molecule has 150 valence electrons. The van der Waals surface area contributed by atoms with Gasteiger partial charge in [-0.2, -0.15) is 0 Å². The summed E-state index contributed by atoms with van der Waals surface area (Å²) in [5, 5.41) is 5.34. The summed E-state index contributed by atoms with van der Waals surface area (Å²) in [4.78, 5) is 41.1. The van der Waals surface area contributed by atoms with Crippen molar-refractivity contribution in [2.45, 2.75) is 31.8 Å². The maximum absolute atomic E-state index is 13.4. The van der Waals surface area contributed by atoms with Crippen LogP contribution in [-0.4, -0.2) is 48.9 Å². The molecular weight excluding hydrogens is 382 g/mol. The van der Waals surface area contributed by atoms with Crippen molar-refractivity contribution in [3.8, 4) is 0 Å². The Morgan fingerprint density at radius 2 is 2.04 bits per heavy atom. The van der Waals surface area contributed by atoms with Gasteiger partial charge in [-0.25, -0.2) is 0 Å². The number of anilines is 1. The second-order valence-electron chi connectivity index (χ2n) is 8.18. The molecule has 0 bridgehead atoms. The van der Waals surface area contributed by atoms with Gasteiger partial charge in [0, 0.05) is 36.8 Å².